The molecule has 1 spiro atoms. The highest BCUT2D eigenvalue weighted by Gasteiger charge is 2.70. The highest BCUT2D eigenvalue weighted by Crippen LogP contribution is 2.71. The van der Waals surface area contributed by atoms with E-state index in [4.69, 9.17) is 14.2 Å². The molecular formula is C28H42O6. The Balaban J connectivity index is 1.38. The molecule has 2 unspecified atom stereocenters. The summed E-state index contributed by atoms with van der Waals surface area (Å²) in [5.41, 5.74) is -0.420. The Bertz CT molecular complexity index is 888. The summed E-state index contributed by atoms with van der Waals surface area (Å²) >= 11 is 0. The first-order valence-corrected chi connectivity index (χ1v) is 13.7. The molecule has 3 aliphatic heterocycles. The van der Waals surface area contributed by atoms with Crippen LogP contribution in [0, 0.1) is 39.9 Å². The van der Waals surface area contributed by atoms with Crippen molar-refractivity contribution in [1.82, 2.24) is 0 Å². The summed E-state index contributed by atoms with van der Waals surface area (Å²) in [4.78, 5) is 24.5. The Morgan fingerprint density at radius 1 is 1.06 bits per heavy atom. The second-order valence-electron chi connectivity index (χ2n) is 13.5. The predicted octanol–water partition coefficient (Wildman–Crippen LogP) is 4.41. The van der Waals surface area contributed by atoms with E-state index in [9.17, 15) is 14.7 Å². The Hall–Kier alpha value is -1.14. The third-order valence-electron chi connectivity index (χ3n) is 12.0. The van der Waals surface area contributed by atoms with Gasteiger partial charge in [0.25, 0.3) is 0 Å². The fourth-order valence-corrected chi connectivity index (χ4v) is 10.7. The molecule has 1 N–H and O–H groups in total. The Labute approximate surface area is 203 Å². The van der Waals surface area contributed by atoms with Gasteiger partial charge >= 0.3 is 11.9 Å². The molecule has 6 heteroatoms. The van der Waals surface area contributed by atoms with Crippen molar-refractivity contribution >= 4 is 11.9 Å². The summed E-state index contributed by atoms with van der Waals surface area (Å²) in [6.45, 7) is 9.10. The van der Waals surface area contributed by atoms with Crippen molar-refractivity contribution in [3.8, 4) is 0 Å². The average Bonchev–Trinajstić information content (AvgIpc) is 3.21. The fraction of sp³-hybridized carbons (Fsp3) is 0.929. The number of fused-ring (bicyclic) bond motifs is 7. The van der Waals surface area contributed by atoms with Crippen molar-refractivity contribution in [2.24, 2.45) is 39.9 Å². The lowest BCUT2D eigenvalue weighted by Gasteiger charge is -2.67. The first-order valence-electron chi connectivity index (χ1n) is 13.7. The standard InChI is InChI=1S/C28H42O6/c1-16(30)32-22-12-18-17(19-13-23-28(22,34-19)14-24(31)33-23)6-7-21-26(18,3)11-8-20-25(2,15-29)9-5-10-27(20,21)4/h17-23,29H,5-15H2,1-4H3/t17-,18+,19-,20?,21?,22+,23+,25+,26-,27-,28-/m0/s1. The molecule has 3 heterocycles. The molecule has 6 fully saturated rings. The van der Waals surface area contributed by atoms with Crippen molar-refractivity contribution < 1.29 is 28.9 Å². The van der Waals surface area contributed by atoms with Gasteiger partial charge in [-0.1, -0.05) is 27.2 Å². The van der Waals surface area contributed by atoms with E-state index in [2.05, 4.69) is 20.8 Å². The number of hydrogen-bond acceptors (Lipinski definition) is 6. The van der Waals surface area contributed by atoms with Gasteiger partial charge in [-0.3, -0.25) is 9.59 Å². The molecule has 3 saturated carbocycles. The van der Waals surface area contributed by atoms with Crippen LogP contribution in [0.1, 0.15) is 91.9 Å². The molecule has 3 saturated heterocycles. The zero-order chi connectivity index (χ0) is 24.1. The molecule has 0 aromatic heterocycles. The van der Waals surface area contributed by atoms with E-state index in [-0.39, 0.29) is 53.4 Å². The average molecular weight is 475 g/mol. The molecule has 0 aromatic carbocycles. The van der Waals surface area contributed by atoms with E-state index in [0.29, 0.717) is 23.7 Å². The van der Waals surface area contributed by atoms with Crippen molar-refractivity contribution in [1.29, 1.82) is 0 Å². The van der Waals surface area contributed by atoms with Crippen LogP contribution in [0.2, 0.25) is 0 Å². The van der Waals surface area contributed by atoms with E-state index in [1.165, 1.54) is 26.2 Å². The maximum atomic E-state index is 12.3. The molecular weight excluding hydrogens is 432 g/mol. The molecule has 2 bridgehead atoms. The van der Waals surface area contributed by atoms with Crippen molar-refractivity contribution in [3.05, 3.63) is 0 Å². The van der Waals surface area contributed by atoms with E-state index < -0.39 is 11.7 Å². The molecule has 190 valence electrons. The minimum Gasteiger partial charge on any atom is -0.459 e. The molecule has 6 aliphatic rings. The van der Waals surface area contributed by atoms with Crippen LogP contribution in [0.25, 0.3) is 0 Å². The van der Waals surface area contributed by atoms with E-state index in [1.807, 2.05) is 0 Å². The SMILES string of the molecule is CC(=O)O[C@@H]1C[C@@H]2[C@H](CCC3[C@@]4(C)CCC[C@](C)(CO)C4CC[C@]32C)[C@@H]2C[C@H]3OC(=O)C[C@]13O2. The van der Waals surface area contributed by atoms with Crippen LogP contribution >= 0.6 is 0 Å². The lowest BCUT2D eigenvalue weighted by atomic mass is 9.38. The zero-order valence-corrected chi connectivity index (χ0v) is 21.3. The predicted molar refractivity (Wildman–Crippen MR) is 125 cm³/mol. The lowest BCUT2D eigenvalue weighted by molar-refractivity contribution is -0.193. The number of esters is 2. The summed E-state index contributed by atoms with van der Waals surface area (Å²) in [7, 11) is 0. The molecule has 11 atom stereocenters. The molecule has 6 rings (SSSR count). The van der Waals surface area contributed by atoms with Gasteiger partial charge in [-0.25, -0.2) is 0 Å². The minimum absolute atomic E-state index is 0.0187. The Kier molecular flexibility index (Phi) is 5.09. The van der Waals surface area contributed by atoms with Crippen LogP contribution in [0.3, 0.4) is 0 Å². The number of ether oxygens (including phenoxy) is 3. The smallest absolute Gasteiger partial charge is 0.309 e. The van der Waals surface area contributed by atoms with Gasteiger partial charge in [0.15, 0.2) is 5.60 Å². The van der Waals surface area contributed by atoms with Crippen LogP contribution in [0.4, 0.5) is 0 Å². The van der Waals surface area contributed by atoms with Gasteiger partial charge in [0, 0.05) is 20.0 Å². The van der Waals surface area contributed by atoms with E-state index >= 15 is 0 Å². The zero-order valence-electron chi connectivity index (χ0n) is 21.3. The number of carbonyl (C=O) groups is 2. The highest BCUT2D eigenvalue weighted by atomic mass is 16.6. The maximum Gasteiger partial charge on any atom is 0.309 e. The molecule has 34 heavy (non-hydrogen) atoms. The Morgan fingerprint density at radius 3 is 2.59 bits per heavy atom. The maximum absolute atomic E-state index is 12.3. The number of rotatable bonds is 2. The van der Waals surface area contributed by atoms with Crippen molar-refractivity contribution in [2.75, 3.05) is 6.61 Å². The van der Waals surface area contributed by atoms with Crippen LogP contribution < -0.4 is 0 Å². The largest absolute Gasteiger partial charge is 0.459 e. The molecule has 0 radical (unpaired) electrons. The first kappa shape index (κ1) is 23.3. The summed E-state index contributed by atoms with van der Waals surface area (Å²) in [6, 6.07) is 0. The van der Waals surface area contributed by atoms with Crippen molar-refractivity contribution in [2.45, 2.75) is 116 Å². The number of aliphatic hydroxyl groups excluding tert-OH is 1. The van der Waals surface area contributed by atoms with Crippen LogP contribution in [-0.4, -0.2) is 47.6 Å². The van der Waals surface area contributed by atoms with Gasteiger partial charge in [-0.05, 0) is 84.9 Å². The first-order chi connectivity index (χ1) is 16.1. The number of aliphatic hydroxyl groups is 1. The van der Waals surface area contributed by atoms with Gasteiger partial charge in [-0.15, -0.1) is 0 Å². The fourth-order valence-electron chi connectivity index (χ4n) is 10.7. The van der Waals surface area contributed by atoms with Crippen LogP contribution in [0.15, 0.2) is 0 Å². The second kappa shape index (κ2) is 7.44. The van der Waals surface area contributed by atoms with Gasteiger partial charge in [-0.2, -0.15) is 0 Å². The monoisotopic (exact) mass is 474 g/mol. The molecule has 3 aliphatic carbocycles. The topological polar surface area (TPSA) is 82.1 Å². The summed E-state index contributed by atoms with van der Waals surface area (Å²) in [5.74, 6) is 1.43. The highest BCUT2D eigenvalue weighted by molar-refractivity contribution is 5.75. The van der Waals surface area contributed by atoms with Gasteiger partial charge in [0.2, 0.25) is 0 Å². The quantitative estimate of drug-likeness (QED) is 0.597. The van der Waals surface area contributed by atoms with Gasteiger partial charge in [0.05, 0.1) is 12.5 Å². The third kappa shape index (κ3) is 2.93. The lowest BCUT2D eigenvalue weighted by Crippen LogP contribution is -2.61. The van der Waals surface area contributed by atoms with Gasteiger partial charge in [0.1, 0.15) is 12.2 Å². The molecule has 0 amide bonds. The minimum atomic E-state index is -0.808. The normalized spacial score (nSPS) is 55.8. The van der Waals surface area contributed by atoms with Crippen LogP contribution in [-0.2, 0) is 23.8 Å². The Morgan fingerprint density at radius 2 is 1.85 bits per heavy atom. The van der Waals surface area contributed by atoms with Crippen LogP contribution in [0.5, 0.6) is 0 Å². The van der Waals surface area contributed by atoms with E-state index in [0.717, 1.165) is 38.5 Å². The van der Waals surface area contributed by atoms with Crippen molar-refractivity contribution in [3.63, 3.8) is 0 Å². The number of hydrogen-bond donors (Lipinski definition) is 1. The molecule has 0 aromatic rings. The summed E-state index contributed by atoms with van der Waals surface area (Å²) in [6.07, 6.45) is 9.22. The number of carbonyl (C=O) groups excluding carboxylic acids is 2. The summed E-state index contributed by atoms with van der Waals surface area (Å²) < 4.78 is 18.4. The molecule has 6 nitrogen and oxygen atoms in total. The van der Waals surface area contributed by atoms with Gasteiger partial charge < -0.3 is 19.3 Å². The summed E-state index contributed by atoms with van der Waals surface area (Å²) in [5, 5.41) is 10.4. The van der Waals surface area contributed by atoms with E-state index in [1.54, 1.807) is 0 Å². The third-order valence-corrected chi connectivity index (χ3v) is 12.0. The second-order valence-corrected chi connectivity index (χ2v) is 13.5.